The maximum Gasteiger partial charge on any atom is 0.0714 e. The van der Waals surface area contributed by atoms with Crippen molar-refractivity contribution in [3.8, 4) is 22.3 Å². The maximum atomic E-state index is 2.64. The van der Waals surface area contributed by atoms with Gasteiger partial charge in [-0.15, -0.1) is 22.7 Å². The predicted molar refractivity (Wildman–Crippen MR) is 240 cm³/mol. The third kappa shape index (κ3) is 4.46. The summed E-state index contributed by atoms with van der Waals surface area (Å²) in [7, 11) is 0. The van der Waals surface area contributed by atoms with Crippen LogP contribution in [-0.2, 0) is 10.8 Å². The number of fused-ring (bicyclic) bond motifs is 10. The molecule has 0 spiro atoms. The molecule has 0 radical (unpaired) electrons. The minimum atomic E-state index is -0.511. The van der Waals surface area contributed by atoms with E-state index < -0.39 is 10.8 Å². The molecule has 2 heterocycles. The van der Waals surface area contributed by atoms with Gasteiger partial charge in [0, 0.05) is 29.9 Å². The Labute approximate surface area is 337 Å². The summed E-state index contributed by atoms with van der Waals surface area (Å²) in [5.41, 5.74) is 20.2. The molecule has 9 aromatic rings. The molecule has 2 aliphatic carbocycles. The van der Waals surface area contributed by atoms with Crippen molar-refractivity contribution >= 4 is 42.8 Å². The molecule has 2 heteroatoms. The maximum absolute atomic E-state index is 2.64. The first-order chi connectivity index (χ1) is 27.2. The van der Waals surface area contributed by atoms with Gasteiger partial charge in [-0.25, -0.2) is 0 Å². The molecule has 0 N–H and O–H groups in total. The predicted octanol–water partition coefficient (Wildman–Crippen LogP) is 14.7. The van der Waals surface area contributed by atoms with Gasteiger partial charge in [0.05, 0.1) is 10.8 Å². The quantitative estimate of drug-likeness (QED) is 0.168. The second kappa shape index (κ2) is 12.0. The van der Waals surface area contributed by atoms with Crippen molar-refractivity contribution < 1.29 is 0 Å². The second-order valence-electron chi connectivity index (χ2n) is 16.4. The van der Waals surface area contributed by atoms with E-state index in [1.165, 1.54) is 119 Å². The largest absolute Gasteiger partial charge is 0.141 e. The smallest absolute Gasteiger partial charge is 0.0714 e. The van der Waals surface area contributed by atoms with Crippen LogP contribution in [0.2, 0.25) is 0 Å². The second-order valence-corrected chi connectivity index (χ2v) is 19.0. The zero-order chi connectivity index (χ0) is 38.1. The number of benzene rings is 7. The number of aryl methyl sites for hydroxylation is 6. The Bertz CT molecular complexity index is 2740. The first kappa shape index (κ1) is 33.8. The van der Waals surface area contributed by atoms with E-state index in [1.54, 1.807) is 0 Å². The van der Waals surface area contributed by atoms with Crippen molar-refractivity contribution in [2.45, 2.75) is 52.4 Å². The third-order valence-electron chi connectivity index (χ3n) is 12.9. The van der Waals surface area contributed by atoms with E-state index in [0.717, 1.165) is 0 Å². The highest BCUT2D eigenvalue weighted by molar-refractivity contribution is 7.19. The van der Waals surface area contributed by atoms with E-state index in [2.05, 4.69) is 187 Å². The first-order valence-corrected chi connectivity index (χ1v) is 21.4. The van der Waals surface area contributed by atoms with E-state index in [0.29, 0.717) is 0 Å². The molecule has 2 aliphatic rings. The van der Waals surface area contributed by atoms with Gasteiger partial charge in [-0.1, -0.05) is 131 Å². The summed E-state index contributed by atoms with van der Waals surface area (Å²) in [4.78, 5) is 2.69. The van der Waals surface area contributed by atoms with Crippen LogP contribution in [0.3, 0.4) is 0 Å². The van der Waals surface area contributed by atoms with Crippen molar-refractivity contribution in [2.24, 2.45) is 0 Å². The molecule has 0 atom stereocenters. The van der Waals surface area contributed by atoms with Gasteiger partial charge in [-0.05, 0) is 145 Å². The summed E-state index contributed by atoms with van der Waals surface area (Å²) in [6, 6.07) is 57.4. The van der Waals surface area contributed by atoms with Gasteiger partial charge in [0.2, 0.25) is 0 Å². The molecule has 7 aromatic carbocycles. The molecule has 270 valence electrons. The fourth-order valence-corrected chi connectivity index (χ4v) is 12.3. The van der Waals surface area contributed by atoms with E-state index in [4.69, 9.17) is 0 Å². The third-order valence-corrected chi connectivity index (χ3v) is 14.9. The summed E-state index contributed by atoms with van der Waals surface area (Å²) in [5, 5.41) is 2.71. The number of hydrogen-bond acceptors (Lipinski definition) is 2. The van der Waals surface area contributed by atoms with E-state index in [9.17, 15) is 0 Å². The fraction of sp³-hybridized carbons (Fsp3) is 0.148. The average molecular weight is 755 g/mol. The van der Waals surface area contributed by atoms with Crippen LogP contribution >= 0.6 is 22.7 Å². The molecule has 0 unspecified atom stereocenters. The van der Waals surface area contributed by atoms with Crippen LogP contribution in [0, 0.1) is 41.5 Å². The van der Waals surface area contributed by atoms with Gasteiger partial charge < -0.3 is 0 Å². The Morgan fingerprint density at radius 2 is 0.625 bits per heavy atom. The van der Waals surface area contributed by atoms with Crippen LogP contribution in [0.4, 0.5) is 0 Å². The average Bonchev–Trinajstić information content (AvgIpc) is 3.93. The molecular formula is C54H42S2. The van der Waals surface area contributed by atoms with Crippen LogP contribution in [0.25, 0.3) is 42.4 Å². The minimum Gasteiger partial charge on any atom is -0.141 e. The SMILES string of the molecule is Cc1ccc(C2(c3ccc(C)cc3)c3cc4c(cc3-c3c2ccc2sc(C)cc32)C(c2ccc(C)cc2)(c2ccc(C)cc2)c2ccc3sc(C)cc3c2-4)cc1. The molecule has 0 fully saturated rings. The summed E-state index contributed by atoms with van der Waals surface area (Å²) in [6.45, 7) is 13.3. The van der Waals surface area contributed by atoms with Gasteiger partial charge in [0.25, 0.3) is 0 Å². The molecule has 2 aromatic heterocycles. The monoisotopic (exact) mass is 754 g/mol. The van der Waals surface area contributed by atoms with Gasteiger partial charge in [0.1, 0.15) is 0 Å². The molecule has 56 heavy (non-hydrogen) atoms. The summed E-state index contributed by atoms with van der Waals surface area (Å²) in [6.07, 6.45) is 0. The van der Waals surface area contributed by atoms with Gasteiger partial charge in [-0.2, -0.15) is 0 Å². The molecule has 0 bridgehead atoms. The summed E-state index contributed by atoms with van der Waals surface area (Å²) < 4.78 is 2.69. The Hall–Kier alpha value is -5.54. The molecule has 11 rings (SSSR count). The molecule has 0 aliphatic heterocycles. The van der Waals surface area contributed by atoms with E-state index >= 15 is 0 Å². The van der Waals surface area contributed by atoms with Crippen LogP contribution in [0.5, 0.6) is 0 Å². The number of rotatable bonds is 4. The van der Waals surface area contributed by atoms with Gasteiger partial charge in [0.15, 0.2) is 0 Å². The first-order valence-electron chi connectivity index (χ1n) is 19.7. The highest BCUT2D eigenvalue weighted by Crippen LogP contribution is 2.64. The number of hydrogen-bond donors (Lipinski definition) is 0. The highest BCUT2D eigenvalue weighted by atomic mass is 32.1. The zero-order valence-corrected chi connectivity index (χ0v) is 34.3. The van der Waals surface area contributed by atoms with Crippen molar-refractivity contribution in [3.05, 3.63) is 222 Å². The summed E-state index contributed by atoms with van der Waals surface area (Å²) in [5.74, 6) is 0. The lowest BCUT2D eigenvalue weighted by Crippen LogP contribution is -2.30. The van der Waals surface area contributed by atoms with Crippen molar-refractivity contribution in [3.63, 3.8) is 0 Å². The highest BCUT2D eigenvalue weighted by Gasteiger charge is 2.52. The van der Waals surface area contributed by atoms with Crippen molar-refractivity contribution in [2.75, 3.05) is 0 Å². The Kier molecular flexibility index (Phi) is 7.22. The molecular weight excluding hydrogens is 713 g/mol. The molecule has 0 nitrogen and oxygen atoms in total. The van der Waals surface area contributed by atoms with Crippen molar-refractivity contribution in [1.82, 2.24) is 0 Å². The Morgan fingerprint density at radius 1 is 0.321 bits per heavy atom. The van der Waals surface area contributed by atoms with Gasteiger partial charge >= 0.3 is 0 Å². The lowest BCUT2D eigenvalue weighted by atomic mass is 9.65. The molecule has 0 amide bonds. The van der Waals surface area contributed by atoms with Crippen LogP contribution in [-0.4, -0.2) is 0 Å². The minimum absolute atomic E-state index is 0.511. The van der Waals surface area contributed by atoms with Crippen LogP contribution in [0.1, 0.15) is 76.5 Å². The van der Waals surface area contributed by atoms with Gasteiger partial charge in [-0.3, -0.25) is 0 Å². The van der Waals surface area contributed by atoms with E-state index in [1.807, 2.05) is 22.7 Å². The summed E-state index contributed by atoms with van der Waals surface area (Å²) >= 11 is 3.81. The number of thiophene rings is 2. The lowest BCUT2D eigenvalue weighted by molar-refractivity contribution is 0.758. The van der Waals surface area contributed by atoms with Crippen LogP contribution < -0.4 is 0 Å². The normalized spacial score (nSPS) is 14.5. The standard InChI is InChI=1S/C54H42S2/c1-31-7-15-37(16-8-31)53(38-17-9-32(2)10-18-38)45-23-25-49-43(27-35(5)55-49)51(45)41-30-48-42(29-47(41)53)52-44-28-36(6)56-50(44)26-24-46(52)54(48,39-19-11-33(3)12-20-39)40-21-13-34(4)14-22-40/h7-30H,1-6H3. The molecule has 0 saturated carbocycles. The molecule has 0 saturated heterocycles. The van der Waals surface area contributed by atoms with Crippen LogP contribution in [0.15, 0.2) is 146 Å². The Morgan fingerprint density at radius 3 is 0.929 bits per heavy atom. The Balaban J connectivity index is 1.37. The topological polar surface area (TPSA) is 0 Å². The fourth-order valence-electron chi connectivity index (χ4n) is 10.4. The zero-order valence-electron chi connectivity index (χ0n) is 32.7. The van der Waals surface area contributed by atoms with E-state index in [-0.39, 0.29) is 0 Å². The van der Waals surface area contributed by atoms with Crippen molar-refractivity contribution in [1.29, 1.82) is 0 Å². The lowest BCUT2D eigenvalue weighted by Gasteiger charge is -2.35.